The monoisotopic (exact) mass is 700 g/mol. The number of aromatic nitrogens is 2. The van der Waals surface area contributed by atoms with Gasteiger partial charge in [-0.1, -0.05) is 127 Å². The molecule has 0 bridgehead atoms. The average Bonchev–Trinajstić information content (AvgIpc) is 3.75. The Kier molecular flexibility index (Phi) is 7.44. The van der Waals surface area contributed by atoms with E-state index < -0.39 is 0 Å². The Hall–Kier alpha value is -7.66. The molecule has 0 saturated carbocycles. The van der Waals surface area contributed by atoms with Gasteiger partial charge in [-0.2, -0.15) is 10.5 Å². The number of rotatable bonds is 5. The van der Waals surface area contributed by atoms with Crippen molar-refractivity contribution in [2.45, 2.75) is 6.92 Å². The molecule has 55 heavy (non-hydrogen) atoms. The minimum atomic E-state index is 0.546. The summed E-state index contributed by atoms with van der Waals surface area (Å²) < 4.78 is 4.54. The predicted molar refractivity (Wildman–Crippen MR) is 226 cm³/mol. The van der Waals surface area contributed by atoms with Crippen LogP contribution < -0.4 is 0 Å². The first kappa shape index (κ1) is 32.0. The number of hydrogen-bond donors (Lipinski definition) is 0. The van der Waals surface area contributed by atoms with E-state index in [9.17, 15) is 10.5 Å². The minimum Gasteiger partial charge on any atom is -0.309 e. The van der Waals surface area contributed by atoms with Crippen LogP contribution in [0.3, 0.4) is 0 Å². The summed E-state index contributed by atoms with van der Waals surface area (Å²) in [7, 11) is 0. The van der Waals surface area contributed by atoms with E-state index in [1.54, 1.807) is 0 Å². The first-order chi connectivity index (χ1) is 27.1. The molecule has 2 heterocycles. The van der Waals surface area contributed by atoms with E-state index >= 15 is 0 Å². The Morgan fingerprint density at radius 1 is 0.382 bits per heavy atom. The highest BCUT2D eigenvalue weighted by molar-refractivity contribution is 6.12. The average molecular weight is 701 g/mol. The lowest BCUT2D eigenvalue weighted by molar-refractivity contribution is 1.13. The Labute approximate surface area is 318 Å². The molecule has 10 rings (SSSR count). The lowest BCUT2D eigenvalue weighted by Gasteiger charge is -2.19. The maximum Gasteiger partial charge on any atom is 0.101 e. The molecule has 0 unspecified atom stereocenters. The summed E-state index contributed by atoms with van der Waals surface area (Å²) in [4.78, 5) is 0. The molecule has 0 N–H and O–H groups in total. The van der Waals surface area contributed by atoms with Gasteiger partial charge in [0.25, 0.3) is 0 Å². The third-order valence-electron chi connectivity index (χ3n) is 10.8. The molecular weight excluding hydrogens is 669 g/mol. The first-order valence-corrected chi connectivity index (χ1v) is 18.4. The number of nitrogens with zero attached hydrogens (tertiary/aromatic N) is 4. The van der Waals surface area contributed by atoms with E-state index in [4.69, 9.17) is 0 Å². The van der Waals surface area contributed by atoms with Gasteiger partial charge in [-0.15, -0.1) is 0 Å². The third-order valence-corrected chi connectivity index (χ3v) is 10.8. The van der Waals surface area contributed by atoms with Crippen LogP contribution in [0.15, 0.2) is 176 Å². The van der Waals surface area contributed by atoms with Crippen LogP contribution in [0.1, 0.15) is 16.7 Å². The number of hydrogen-bond acceptors (Lipinski definition) is 2. The molecule has 0 amide bonds. The Balaban J connectivity index is 1.33. The normalized spacial score (nSPS) is 11.3. The van der Waals surface area contributed by atoms with E-state index in [1.165, 1.54) is 0 Å². The van der Waals surface area contributed by atoms with Crippen LogP contribution in [0.25, 0.3) is 88.4 Å². The van der Waals surface area contributed by atoms with Gasteiger partial charge in [0, 0.05) is 27.1 Å². The topological polar surface area (TPSA) is 57.4 Å². The smallest absolute Gasteiger partial charge is 0.101 e. The molecular formula is C51H32N4. The quantitative estimate of drug-likeness (QED) is 0.179. The summed E-state index contributed by atoms with van der Waals surface area (Å²) in [5, 5.41) is 25.7. The Morgan fingerprint density at radius 2 is 0.891 bits per heavy atom. The lowest BCUT2D eigenvalue weighted by atomic mass is 9.96. The van der Waals surface area contributed by atoms with E-state index in [-0.39, 0.29) is 0 Å². The molecule has 8 aromatic carbocycles. The molecule has 0 aliphatic heterocycles. The number of nitriles is 2. The van der Waals surface area contributed by atoms with Crippen molar-refractivity contribution < 1.29 is 0 Å². The van der Waals surface area contributed by atoms with Gasteiger partial charge in [-0.25, -0.2) is 0 Å². The standard InChI is InChI=1S/C51H32N4/c1-33-24-34(31-52)26-39(25-33)45-30-48(54-46-18-10-8-16-41(46)43-22-20-37(27-49(43)54)35-12-4-2-5-13-35)40(32-53)29-51(45)55-47-19-11-9-17-42(47)44-23-21-38(28-50(44)55)36-14-6-3-7-15-36/h2-30H,1H3. The van der Waals surface area contributed by atoms with Crippen molar-refractivity contribution >= 4 is 43.6 Å². The number of para-hydroxylation sites is 2. The van der Waals surface area contributed by atoms with Gasteiger partial charge in [0.05, 0.1) is 50.6 Å². The highest BCUT2D eigenvalue weighted by atomic mass is 15.0. The van der Waals surface area contributed by atoms with Gasteiger partial charge >= 0.3 is 0 Å². The maximum atomic E-state index is 11.1. The van der Waals surface area contributed by atoms with Gasteiger partial charge in [0.2, 0.25) is 0 Å². The zero-order chi connectivity index (χ0) is 37.0. The fourth-order valence-corrected chi connectivity index (χ4v) is 8.35. The van der Waals surface area contributed by atoms with E-state index in [0.717, 1.165) is 93.9 Å². The van der Waals surface area contributed by atoms with E-state index in [0.29, 0.717) is 11.1 Å². The van der Waals surface area contributed by atoms with Crippen molar-refractivity contribution in [1.29, 1.82) is 10.5 Å². The maximum absolute atomic E-state index is 11.1. The fourth-order valence-electron chi connectivity index (χ4n) is 8.35. The second-order valence-electron chi connectivity index (χ2n) is 14.1. The number of benzene rings is 8. The highest BCUT2D eigenvalue weighted by Crippen LogP contribution is 2.42. The van der Waals surface area contributed by atoms with Gasteiger partial charge < -0.3 is 9.13 Å². The van der Waals surface area contributed by atoms with Crippen LogP contribution in [-0.2, 0) is 0 Å². The summed E-state index contributed by atoms with van der Waals surface area (Å²) in [5.41, 5.74) is 14.2. The first-order valence-electron chi connectivity index (χ1n) is 18.4. The van der Waals surface area contributed by atoms with Crippen molar-refractivity contribution in [3.63, 3.8) is 0 Å². The SMILES string of the molecule is Cc1cc(C#N)cc(-c2cc(-n3c4ccccc4c4ccc(-c5ccccc5)cc43)c(C#N)cc2-n2c3ccccc3c3ccc(-c4ccccc4)cc32)c1. The minimum absolute atomic E-state index is 0.546. The second kappa shape index (κ2) is 12.8. The van der Waals surface area contributed by atoms with Crippen LogP contribution in [0.4, 0.5) is 0 Å². The van der Waals surface area contributed by atoms with Crippen LogP contribution in [0.2, 0.25) is 0 Å². The number of fused-ring (bicyclic) bond motifs is 6. The summed E-state index contributed by atoms with van der Waals surface area (Å²) in [6.07, 6.45) is 0. The lowest BCUT2D eigenvalue weighted by Crippen LogP contribution is -2.04. The van der Waals surface area contributed by atoms with Crippen LogP contribution >= 0.6 is 0 Å². The summed E-state index contributed by atoms with van der Waals surface area (Å²) in [6.45, 7) is 2.03. The van der Waals surface area contributed by atoms with Crippen molar-refractivity contribution in [3.05, 3.63) is 193 Å². The summed E-state index contributed by atoms with van der Waals surface area (Å²) >= 11 is 0. The molecule has 0 radical (unpaired) electrons. The van der Waals surface area contributed by atoms with Crippen molar-refractivity contribution in [1.82, 2.24) is 9.13 Å². The fraction of sp³-hybridized carbons (Fsp3) is 0.0196. The second-order valence-corrected chi connectivity index (χ2v) is 14.1. The molecule has 0 spiro atoms. The molecule has 2 aromatic heterocycles. The van der Waals surface area contributed by atoms with E-state index in [2.05, 4.69) is 167 Å². The molecule has 0 atom stereocenters. The Bertz CT molecular complexity index is 3220. The molecule has 0 aliphatic rings. The van der Waals surface area contributed by atoms with Gasteiger partial charge in [0.15, 0.2) is 0 Å². The van der Waals surface area contributed by atoms with Crippen molar-refractivity contribution in [2.75, 3.05) is 0 Å². The van der Waals surface area contributed by atoms with Gasteiger partial charge in [-0.05, 0) is 88.8 Å². The van der Waals surface area contributed by atoms with Crippen LogP contribution in [-0.4, -0.2) is 9.13 Å². The molecule has 4 heteroatoms. The van der Waals surface area contributed by atoms with E-state index in [1.807, 2.05) is 37.3 Å². The van der Waals surface area contributed by atoms with Crippen LogP contribution in [0, 0.1) is 29.6 Å². The highest BCUT2D eigenvalue weighted by Gasteiger charge is 2.22. The molecule has 0 saturated heterocycles. The molecule has 0 fully saturated rings. The molecule has 10 aromatic rings. The van der Waals surface area contributed by atoms with Gasteiger partial charge in [0.1, 0.15) is 6.07 Å². The zero-order valence-corrected chi connectivity index (χ0v) is 30.0. The van der Waals surface area contributed by atoms with Gasteiger partial charge in [-0.3, -0.25) is 0 Å². The zero-order valence-electron chi connectivity index (χ0n) is 30.0. The number of aryl methyl sites for hydroxylation is 1. The molecule has 0 aliphatic carbocycles. The largest absolute Gasteiger partial charge is 0.309 e. The molecule has 256 valence electrons. The summed E-state index contributed by atoms with van der Waals surface area (Å²) in [5.74, 6) is 0. The third kappa shape index (κ3) is 5.20. The van der Waals surface area contributed by atoms with Crippen molar-refractivity contribution in [3.8, 4) is 56.9 Å². The van der Waals surface area contributed by atoms with Crippen LogP contribution in [0.5, 0.6) is 0 Å². The predicted octanol–water partition coefficient (Wildman–Crippen LogP) is 12.9. The van der Waals surface area contributed by atoms with Crippen molar-refractivity contribution in [2.24, 2.45) is 0 Å². The Morgan fingerprint density at radius 3 is 1.44 bits per heavy atom. The summed E-state index contributed by atoms with van der Waals surface area (Å²) in [6, 6.07) is 66.2. The molecule has 4 nitrogen and oxygen atoms in total.